The molecule has 2 aliphatic carbocycles. The largest absolute Gasteiger partial charge is 0.382 e. The third-order valence-corrected chi connectivity index (χ3v) is 5.53. The number of hydrogen-bond donors (Lipinski definition) is 1. The van der Waals surface area contributed by atoms with Gasteiger partial charge in [-0.05, 0) is 43.0 Å². The summed E-state index contributed by atoms with van der Waals surface area (Å²) in [5, 5.41) is 3.32. The normalized spacial score (nSPS) is 28.2. The van der Waals surface area contributed by atoms with Crippen molar-refractivity contribution in [2.75, 3.05) is 5.32 Å². The summed E-state index contributed by atoms with van der Waals surface area (Å²) < 4.78 is 47.4. The Balaban J connectivity index is 1.69. The Labute approximate surface area is 116 Å². The summed E-state index contributed by atoms with van der Waals surface area (Å²) >= 11 is 0. The zero-order valence-corrected chi connectivity index (χ0v) is 11.5. The van der Waals surface area contributed by atoms with Gasteiger partial charge < -0.3 is 5.32 Å². The van der Waals surface area contributed by atoms with Gasteiger partial charge >= 0.3 is 5.76 Å². The molecular formula is C14H15F2NO2S. The summed E-state index contributed by atoms with van der Waals surface area (Å²) in [4.78, 5) is -0.342. The lowest BCUT2D eigenvalue weighted by atomic mass is 9.71. The van der Waals surface area contributed by atoms with Crippen LogP contribution in [0.3, 0.4) is 0 Å². The molecule has 6 heteroatoms. The minimum atomic E-state index is -4.50. The van der Waals surface area contributed by atoms with Crippen LogP contribution in [-0.2, 0) is 9.84 Å². The van der Waals surface area contributed by atoms with Crippen LogP contribution in [0.1, 0.15) is 12.8 Å². The summed E-state index contributed by atoms with van der Waals surface area (Å²) in [6.07, 6.45) is 6.62. The van der Waals surface area contributed by atoms with Gasteiger partial charge in [0.25, 0.3) is 0 Å². The first-order valence-electron chi connectivity index (χ1n) is 6.54. The van der Waals surface area contributed by atoms with Crippen molar-refractivity contribution in [1.29, 1.82) is 0 Å². The molecule has 1 aromatic rings. The summed E-state index contributed by atoms with van der Waals surface area (Å²) in [5.41, 5.74) is 0.766. The first-order chi connectivity index (χ1) is 9.48. The Hall–Kier alpha value is -1.43. The number of halogens is 2. The lowest BCUT2D eigenvalue weighted by Gasteiger charge is -2.41. The van der Waals surface area contributed by atoms with E-state index < -0.39 is 15.6 Å². The highest BCUT2D eigenvalue weighted by molar-refractivity contribution is 7.91. The second-order valence-corrected chi connectivity index (χ2v) is 7.24. The third kappa shape index (κ3) is 2.22. The Kier molecular flexibility index (Phi) is 3.28. The number of anilines is 1. The zero-order valence-electron chi connectivity index (χ0n) is 10.7. The highest BCUT2D eigenvalue weighted by atomic mass is 32.2. The van der Waals surface area contributed by atoms with Crippen molar-refractivity contribution >= 4 is 15.5 Å². The number of fused-ring (bicyclic) bond motifs is 1. The van der Waals surface area contributed by atoms with E-state index >= 15 is 0 Å². The molecule has 1 saturated carbocycles. The van der Waals surface area contributed by atoms with Gasteiger partial charge in [-0.2, -0.15) is 8.78 Å². The molecule has 1 aromatic carbocycles. The Bertz CT molecular complexity index is 625. The maximum Gasteiger partial charge on any atom is 0.341 e. The number of sulfone groups is 1. The van der Waals surface area contributed by atoms with Crippen LogP contribution in [0, 0.1) is 11.8 Å². The van der Waals surface area contributed by atoms with Crippen LogP contribution in [0.25, 0.3) is 0 Å². The molecule has 0 aliphatic heterocycles. The van der Waals surface area contributed by atoms with E-state index in [4.69, 9.17) is 0 Å². The van der Waals surface area contributed by atoms with E-state index in [1.165, 1.54) is 12.1 Å². The number of allylic oxidation sites excluding steroid dienone is 1. The summed E-state index contributed by atoms with van der Waals surface area (Å²) in [6, 6.07) is 5.90. The SMILES string of the molecule is O=S(=O)(c1ccc(NC2CC3CC=CC32)cc1)C(F)F. The van der Waals surface area contributed by atoms with E-state index in [-0.39, 0.29) is 4.90 Å². The predicted octanol–water partition coefficient (Wildman–Crippen LogP) is 3.06. The van der Waals surface area contributed by atoms with E-state index in [0.717, 1.165) is 24.4 Å². The van der Waals surface area contributed by atoms with Crippen molar-refractivity contribution in [3.05, 3.63) is 36.4 Å². The Morgan fingerprint density at radius 2 is 1.90 bits per heavy atom. The molecule has 0 bridgehead atoms. The van der Waals surface area contributed by atoms with Crippen LogP contribution in [-0.4, -0.2) is 20.2 Å². The van der Waals surface area contributed by atoms with Gasteiger partial charge in [0.05, 0.1) is 4.90 Å². The molecule has 0 radical (unpaired) electrons. The van der Waals surface area contributed by atoms with Crippen LogP contribution < -0.4 is 5.32 Å². The van der Waals surface area contributed by atoms with Gasteiger partial charge in [0.15, 0.2) is 0 Å². The van der Waals surface area contributed by atoms with Crippen molar-refractivity contribution in [2.45, 2.75) is 29.5 Å². The van der Waals surface area contributed by atoms with Gasteiger partial charge in [0.2, 0.25) is 9.84 Å². The Morgan fingerprint density at radius 3 is 2.50 bits per heavy atom. The molecule has 3 rings (SSSR count). The fourth-order valence-electron chi connectivity index (χ4n) is 2.94. The van der Waals surface area contributed by atoms with Crippen molar-refractivity contribution in [1.82, 2.24) is 0 Å². The quantitative estimate of drug-likeness (QED) is 0.869. The molecule has 0 aromatic heterocycles. The van der Waals surface area contributed by atoms with Crippen molar-refractivity contribution in [3.63, 3.8) is 0 Å². The molecular weight excluding hydrogens is 284 g/mol. The van der Waals surface area contributed by atoms with Gasteiger partial charge in [-0.3, -0.25) is 0 Å². The minimum Gasteiger partial charge on any atom is -0.382 e. The molecule has 1 N–H and O–H groups in total. The van der Waals surface area contributed by atoms with E-state index in [0.29, 0.717) is 12.0 Å². The fraction of sp³-hybridized carbons (Fsp3) is 0.429. The molecule has 108 valence electrons. The van der Waals surface area contributed by atoms with Crippen molar-refractivity contribution in [3.8, 4) is 0 Å². The molecule has 3 atom stereocenters. The topological polar surface area (TPSA) is 46.2 Å². The van der Waals surface area contributed by atoms with Crippen LogP contribution >= 0.6 is 0 Å². The highest BCUT2D eigenvalue weighted by Gasteiger charge is 2.40. The fourth-order valence-corrected chi connectivity index (χ4v) is 3.66. The number of hydrogen-bond acceptors (Lipinski definition) is 3. The van der Waals surface area contributed by atoms with Gasteiger partial charge in [0, 0.05) is 17.6 Å². The molecule has 3 nitrogen and oxygen atoms in total. The van der Waals surface area contributed by atoms with Gasteiger partial charge in [-0.1, -0.05) is 12.2 Å². The maximum absolute atomic E-state index is 12.4. The van der Waals surface area contributed by atoms with E-state index in [9.17, 15) is 17.2 Å². The first kappa shape index (κ1) is 13.5. The smallest absolute Gasteiger partial charge is 0.341 e. The van der Waals surface area contributed by atoms with Gasteiger partial charge in [-0.15, -0.1) is 0 Å². The number of nitrogens with one attached hydrogen (secondary N) is 1. The Morgan fingerprint density at radius 1 is 1.20 bits per heavy atom. The maximum atomic E-state index is 12.4. The lowest BCUT2D eigenvalue weighted by Crippen LogP contribution is -2.43. The lowest BCUT2D eigenvalue weighted by molar-refractivity contribution is 0.218. The zero-order chi connectivity index (χ0) is 14.3. The molecule has 3 unspecified atom stereocenters. The monoisotopic (exact) mass is 299 g/mol. The summed E-state index contributed by atoms with van der Waals surface area (Å²) in [5.74, 6) is -2.11. The van der Waals surface area contributed by atoms with E-state index in [1.54, 1.807) is 12.1 Å². The average molecular weight is 299 g/mol. The third-order valence-electron chi connectivity index (χ3n) is 4.13. The predicted molar refractivity (Wildman–Crippen MR) is 72.4 cm³/mol. The molecule has 0 saturated heterocycles. The second-order valence-electron chi connectivity index (χ2n) is 5.32. The van der Waals surface area contributed by atoms with Crippen LogP contribution in [0.15, 0.2) is 41.3 Å². The van der Waals surface area contributed by atoms with Crippen LogP contribution in [0.2, 0.25) is 0 Å². The standard InChI is InChI=1S/C14H15F2NO2S/c15-14(16)20(18,19)11-6-4-10(5-7-11)17-13-8-9-2-1-3-12(9)13/h1,3-7,9,12-14,17H,2,8H2. The van der Waals surface area contributed by atoms with Crippen LogP contribution in [0.5, 0.6) is 0 Å². The number of rotatable bonds is 4. The molecule has 0 spiro atoms. The molecule has 1 fully saturated rings. The molecule has 0 amide bonds. The number of benzene rings is 1. The number of alkyl halides is 2. The van der Waals surface area contributed by atoms with E-state index in [1.807, 2.05) is 0 Å². The first-order valence-corrected chi connectivity index (χ1v) is 8.08. The van der Waals surface area contributed by atoms with Crippen molar-refractivity contribution < 1.29 is 17.2 Å². The van der Waals surface area contributed by atoms with Gasteiger partial charge in [0.1, 0.15) is 0 Å². The molecule has 2 aliphatic rings. The summed E-state index contributed by atoms with van der Waals surface area (Å²) in [6.45, 7) is 0. The van der Waals surface area contributed by atoms with Gasteiger partial charge in [-0.25, -0.2) is 8.42 Å². The second kappa shape index (κ2) is 4.84. The molecule has 20 heavy (non-hydrogen) atoms. The average Bonchev–Trinajstić information content (AvgIpc) is 2.78. The molecule has 0 heterocycles. The van der Waals surface area contributed by atoms with E-state index in [2.05, 4.69) is 17.5 Å². The summed E-state index contributed by atoms with van der Waals surface area (Å²) in [7, 11) is -4.50. The minimum absolute atomic E-state index is 0.342. The van der Waals surface area contributed by atoms with Crippen molar-refractivity contribution in [2.24, 2.45) is 11.8 Å². The van der Waals surface area contributed by atoms with Crippen LogP contribution in [0.4, 0.5) is 14.5 Å². The highest BCUT2D eigenvalue weighted by Crippen LogP contribution is 2.44.